The number of aromatic nitrogens is 1. The molecule has 1 saturated heterocycles. The molecule has 0 spiro atoms. The number of hydrogen-bond acceptors (Lipinski definition) is 4. The molecule has 0 amide bonds. The van der Waals surface area contributed by atoms with Gasteiger partial charge in [-0.1, -0.05) is 0 Å². The summed E-state index contributed by atoms with van der Waals surface area (Å²) in [6, 6.07) is 1.37. The lowest BCUT2D eigenvalue weighted by Gasteiger charge is -2.23. The Balaban J connectivity index is 0.00000220. The molecule has 21 heavy (non-hydrogen) atoms. The smallest absolute Gasteiger partial charge is 0.317 e. The van der Waals surface area contributed by atoms with Gasteiger partial charge in [0.1, 0.15) is 10.6 Å². The van der Waals surface area contributed by atoms with Crippen LogP contribution in [0.2, 0.25) is 0 Å². The summed E-state index contributed by atoms with van der Waals surface area (Å²) < 4.78 is 63.6. The van der Waals surface area contributed by atoms with E-state index in [0.29, 0.717) is 32.0 Å². The van der Waals surface area contributed by atoms with Crippen LogP contribution in [-0.2, 0) is 16.2 Å². The number of sulfonamides is 1. The van der Waals surface area contributed by atoms with Crippen LogP contribution in [0, 0.1) is 0 Å². The van der Waals surface area contributed by atoms with Crippen molar-refractivity contribution in [2.24, 2.45) is 0 Å². The van der Waals surface area contributed by atoms with Crippen LogP contribution in [0.25, 0.3) is 0 Å². The number of pyridine rings is 1. The Morgan fingerprint density at radius 3 is 2.33 bits per heavy atom. The number of halogens is 4. The van der Waals surface area contributed by atoms with Crippen LogP contribution >= 0.6 is 12.4 Å². The number of piperidine rings is 1. The Bertz CT molecular complexity index is 557. The second-order valence-electron chi connectivity index (χ2n) is 4.52. The average molecular weight is 346 g/mol. The first kappa shape index (κ1) is 18.1. The van der Waals surface area contributed by atoms with E-state index in [1.54, 1.807) is 0 Å². The van der Waals surface area contributed by atoms with Crippen molar-refractivity contribution in [2.45, 2.75) is 30.0 Å². The summed E-state index contributed by atoms with van der Waals surface area (Å²) in [5.74, 6) is 0. The second-order valence-corrected chi connectivity index (χ2v) is 6.24. The van der Waals surface area contributed by atoms with Crippen LogP contribution < -0.4 is 10.0 Å². The predicted octanol–water partition coefficient (Wildman–Crippen LogP) is 1.55. The maximum Gasteiger partial charge on any atom is 0.433 e. The van der Waals surface area contributed by atoms with Crippen LogP contribution in [0.3, 0.4) is 0 Å². The molecule has 0 radical (unpaired) electrons. The molecule has 10 heteroatoms. The predicted molar refractivity (Wildman–Crippen MR) is 72.7 cm³/mol. The van der Waals surface area contributed by atoms with Crippen molar-refractivity contribution in [3.05, 3.63) is 24.0 Å². The van der Waals surface area contributed by atoms with Gasteiger partial charge in [0.2, 0.25) is 10.0 Å². The van der Waals surface area contributed by atoms with E-state index in [9.17, 15) is 21.6 Å². The van der Waals surface area contributed by atoms with Crippen molar-refractivity contribution in [3.8, 4) is 0 Å². The molecule has 1 aliphatic rings. The summed E-state index contributed by atoms with van der Waals surface area (Å²) >= 11 is 0. The highest BCUT2D eigenvalue weighted by atomic mass is 35.5. The minimum Gasteiger partial charge on any atom is -0.317 e. The molecule has 2 N–H and O–H groups in total. The molecule has 1 aromatic rings. The zero-order chi connectivity index (χ0) is 14.8. The van der Waals surface area contributed by atoms with Gasteiger partial charge < -0.3 is 5.32 Å². The maximum atomic E-state index is 12.4. The lowest BCUT2D eigenvalue weighted by atomic mass is 10.1. The molecule has 1 aliphatic heterocycles. The molecule has 5 nitrogen and oxygen atoms in total. The van der Waals surface area contributed by atoms with Crippen LogP contribution in [0.1, 0.15) is 18.5 Å². The highest BCUT2D eigenvalue weighted by Gasteiger charge is 2.32. The first-order valence-corrected chi connectivity index (χ1v) is 7.54. The van der Waals surface area contributed by atoms with Crippen LogP contribution in [0.15, 0.2) is 23.2 Å². The molecular formula is C11H15ClF3N3O2S. The fraction of sp³-hybridized carbons (Fsp3) is 0.545. The highest BCUT2D eigenvalue weighted by Crippen LogP contribution is 2.27. The number of nitrogens with zero attached hydrogens (tertiary/aromatic N) is 1. The van der Waals surface area contributed by atoms with Gasteiger partial charge in [-0.3, -0.25) is 4.98 Å². The fourth-order valence-corrected chi connectivity index (χ4v) is 3.18. The van der Waals surface area contributed by atoms with Crippen LogP contribution in [0.5, 0.6) is 0 Å². The standard InChI is InChI=1S/C11H14F3N3O2S.ClH/c12-11(13,14)10-2-1-9(7-16-10)20(18,19)17-8-3-5-15-6-4-8;/h1-2,7-8,15,17H,3-6H2;1H. The molecule has 2 heterocycles. The van der Waals surface area contributed by atoms with Crippen molar-refractivity contribution in [3.63, 3.8) is 0 Å². The monoisotopic (exact) mass is 345 g/mol. The SMILES string of the molecule is Cl.O=S(=O)(NC1CCNCC1)c1ccc(C(F)(F)F)nc1. The molecule has 0 atom stereocenters. The Hall–Kier alpha value is -0.900. The summed E-state index contributed by atoms with van der Waals surface area (Å²) in [6.45, 7) is 1.41. The van der Waals surface area contributed by atoms with Gasteiger partial charge in [-0.25, -0.2) is 13.1 Å². The molecular weight excluding hydrogens is 331 g/mol. The van der Waals surface area contributed by atoms with Gasteiger partial charge in [-0.05, 0) is 38.1 Å². The number of nitrogens with one attached hydrogen (secondary N) is 2. The molecule has 0 unspecified atom stereocenters. The Labute approximate surface area is 126 Å². The van der Waals surface area contributed by atoms with Crippen molar-refractivity contribution < 1.29 is 21.6 Å². The average Bonchev–Trinajstić information content (AvgIpc) is 2.38. The third-order valence-electron chi connectivity index (χ3n) is 3.00. The summed E-state index contributed by atoms with van der Waals surface area (Å²) in [5, 5.41) is 3.09. The van der Waals surface area contributed by atoms with Gasteiger partial charge in [0.05, 0.1) is 0 Å². The third kappa shape index (κ3) is 4.80. The lowest BCUT2D eigenvalue weighted by molar-refractivity contribution is -0.141. The molecule has 1 fully saturated rings. The molecule has 2 rings (SSSR count). The lowest BCUT2D eigenvalue weighted by Crippen LogP contribution is -2.42. The number of alkyl halides is 3. The van der Waals surface area contributed by atoms with E-state index in [1.165, 1.54) is 0 Å². The second kappa shape index (κ2) is 6.91. The van der Waals surface area contributed by atoms with E-state index in [0.717, 1.165) is 12.3 Å². The van der Waals surface area contributed by atoms with Crippen LogP contribution in [-0.4, -0.2) is 32.5 Å². The summed E-state index contributed by atoms with van der Waals surface area (Å²) in [5.41, 5.74) is -1.11. The van der Waals surface area contributed by atoms with Gasteiger partial charge in [0, 0.05) is 12.2 Å². The van der Waals surface area contributed by atoms with Gasteiger partial charge >= 0.3 is 6.18 Å². The largest absolute Gasteiger partial charge is 0.433 e. The minimum atomic E-state index is -4.58. The van der Waals surface area contributed by atoms with Gasteiger partial charge in [0.15, 0.2) is 0 Å². The van der Waals surface area contributed by atoms with Gasteiger partial charge in [-0.15, -0.1) is 12.4 Å². The van der Waals surface area contributed by atoms with E-state index in [4.69, 9.17) is 0 Å². The van der Waals surface area contributed by atoms with E-state index in [1.807, 2.05) is 0 Å². The maximum absolute atomic E-state index is 12.4. The first-order valence-electron chi connectivity index (χ1n) is 6.05. The summed E-state index contributed by atoms with van der Waals surface area (Å²) in [4.78, 5) is 2.89. The minimum absolute atomic E-state index is 0. The van der Waals surface area contributed by atoms with Crippen molar-refractivity contribution in [1.82, 2.24) is 15.0 Å². The number of rotatable bonds is 3. The quantitative estimate of drug-likeness (QED) is 0.872. The zero-order valence-corrected chi connectivity index (χ0v) is 12.5. The summed E-state index contributed by atoms with van der Waals surface area (Å²) in [7, 11) is -3.83. The Kier molecular flexibility index (Phi) is 5.97. The zero-order valence-electron chi connectivity index (χ0n) is 10.9. The normalized spacial score (nSPS) is 17.3. The van der Waals surface area contributed by atoms with E-state index >= 15 is 0 Å². The van der Waals surface area contributed by atoms with Crippen molar-refractivity contribution in [1.29, 1.82) is 0 Å². The van der Waals surface area contributed by atoms with E-state index < -0.39 is 21.9 Å². The van der Waals surface area contributed by atoms with Crippen LogP contribution in [0.4, 0.5) is 13.2 Å². The molecule has 0 aliphatic carbocycles. The van der Waals surface area contributed by atoms with Gasteiger partial charge in [0.25, 0.3) is 0 Å². The molecule has 0 aromatic carbocycles. The first-order chi connectivity index (χ1) is 9.29. The topological polar surface area (TPSA) is 71.1 Å². The third-order valence-corrected chi connectivity index (χ3v) is 4.50. The fourth-order valence-electron chi connectivity index (χ4n) is 1.93. The molecule has 0 bridgehead atoms. The summed E-state index contributed by atoms with van der Waals surface area (Å²) in [6.07, 6.45) is -2.56. The Morgan fingerprint density at radius 2 is 1.86 bits per heavy atom. The van der Waals surface area contributed by atoms with Crippen molar-refractivity contribution in [2.75, 3.05) is 13.1 Å². The van der Waals surface area contributed by atoms with Gasteiger partial charge in [-0.2, -0.15) is 13.2 Å². The molecule has 1 aromatic heterocycles. The van der Waals surface area contributed by atoms with E-state index in [2.05, 4.69) is 15.0 Å². The molecule has 120 valence electrons. The Morgan fingerprint density at radius 1 is 1.24 bits per heavy atom. The highest BCUT2D eigenvalue weighted by molar-refractivity contribution is 7.89. The number of hydrogen-bond donors (Lipinski definition) is 2. The van der Waals surface area contributed by atoms with Crippen molar-refractivity contribution >= 4 is 22.4 Å². The van der Waals surface area contributed by atoms with E-state index in [-0.39, 0.29) is 23.3 Å². The molecule has 0 saturated carbocycles.